The molecule has 0 aromatic rings. The molecule has 0 bridgehead atoms. The van der Waals surface area contributed by atoms with Crippen LogP contribution in [0.4, 0.5) is 0 Å². The molecule has 3 N–H and O–H groups in total. The first-order chi connectivity index (χ1) is 5.00. The molecule has 0 spiro atoms. The zero-order valence-electron chi connectivity index (χ0n) is 6.27. The van der Waals surface area contributed by atoms with Crippen molar-refractivity contribution < 1.29 is 15.3 Å². The van der Waals surface area contributed by atoms with E-state index in [4.69, 9.17) is 13.0 Å². The Morgan fingerprint density at radius 3 is 2.36 bits per heavy atom. The number of rotatable bonds is 1. The predicted octanol–water partition coefficient (Wildman–Crippen LogP) is -1.30. The lowest BCUT2D eigenvalue weighted by Crippen LogP contribution is -2.45. The summed E-state index contributed by atoms with van der Waals surface area (Å²) in [7, 11) is 5.51. The van der Waals surface area contributed by atoms with Crippen LogP contribution in [-0.2, 0) is 0 Å². The molecule has 0 amide bonds. The summed E-state index contributed by atoms with van der Waals surface area (Å²) in [5.41, 5.74) is -1.28. The normalized spacial score (nSPS) is 51.5. The highest BCUT2D eigenvalue weighted by Crippen LogP contribution is 2.39. The molecule has 1 aliphatic heterocycles. The van der Waals surface area contributed by atoms with E-state index in [9.17, 15) is 10.2 Å². The Balaban J connectivity index is 2.71. The first-order valence-corrected chi connectivity index (χ1v) is 4.36. The van der Waals surface area contributed by atoms with Crippen molar-refractivity contribution in [3.8, 4) is 0 Å². The van der Waals surface area contributed by atoms with Gasteiger partial charge >= 0.3 is 0 Å². The van der Waals surface area contributed by atoms with Crippen molar-refractivity contribution in [2.24, 2.45) is 0 Å². The second-order valence-corrected chi connectivity index (χ2v) is 4.33. The average molecular weight is 174 g/mol. The van der Waals surface area contributed by atoms with E-state index in [-0.39, 0.29) is 11.9 Å². The van der Waals surface area contributed by atoms with Gasteiger partial charge in [0, 0.05) is 0 Å². The van der Waals surface area contributed by atoms with Crippen molar-refractivity contribution >= 4 is 19.6 Å². The standard InChI is InChI=1S/C6H11BO3S/c1-6(10)4(9)3(2-8)11-5(6)7/h3-5,8-10H,2H2,1H3/t3-,4-,5?,6+/m1/s1. The Labute approximate surface area is 71.2 Å². The molecule has 1 aliphatic rings. The monoisotopic (exact) mass is 174 g/mol. The van der Waals surface area contributed by atoms with Gasteiger partial charge in [-0.15, -0.1) is 0 Å². The van der Waals surface area contributed by atoms with Crippen molar-refractivity contribution in [1.29, 1.82) is 0 Å². The molecule has 5 heteroatoms. The minimum absolute atomic E-state index is 0.157. The Hall–Kier alpha value is 0.295. The average Bonchev–Trinajstić information content (AvgIpc) is 2.14. The molecule has 4 atom stereocenters. The van der Waals surface area contributed by atoms with E-state index in [0.717, 1.165) is 0 Å². The highest BCUT2D eigenvalue weighted by Gasteiger charge is 2.48. The summed E-state index contributed by atoms with van der Waals surface area (Å²) in [6, 6.07) is 0. The van der Waals surface area contributed by atoms with Gasteiger partial charge in [-0.3, -0.25) is 0 Å². The molecule has 1 unspecified atom stereocenters. The first kappa shape index (κ1) is 9.38. The van der Waals surface area contributed by atoms with Gasteiger partial charge in [-0.2, -0.15) is 11.8 Å². The van der Waals surface area contributed by atoms with Crippen molar-refractivity contribution in [2.75, 3.05) is 6.61 Å². The van der Waals surface area contributed by atoms with Gasteiger partial charge < -0.3 is 15.3 Å². The van der Waals surface area contributed by atoms with Crippen LogP contribution in [0.2, 0.25) is 0 Å². The first-order valence-electron chi connectivity index (χ1n) is 3.42. The van der Waals surface area contributed by atoms with Crippen molar-refractivity contribution in [3.05, 3.63) is 0 Å². The van der Waals surface area contributed by atoms with E-state index in [2.05, 4.69) is 0 Å². The second kappa shape index (κ2) is 2.97. The summed E-state index contributed by atoms with van der Waals surface area (Å²) in [6.45, 7) is 1.32. The number of thioether (sulfide) groups is 1. The molecule has 1 rings (SSSR count). The summed E-state index contributed by atoms with van der Waals surface area (Å²) in [4.78, 5) is 0. The molecule has 3 nitrogen and oxygen atoms in total. The molecule has 2 radical (unpaired) electrons. The highest BCUT2D eigenvalue weighted by atomic mass is 32.2. The van der Waals surface area contributed by atoms with E-state index in [0.29, 0.717) is 0 Å². The molecule has 1 heterocycles. The molecular weight excluding hydrogens is 163 g/mol. The third-order valence-electron chi connectivity index (χ3n) is 2.03. The maximum Gasteiger partial charge on any atom is 0.0967 e. The third-order valence-corrected chi connectivity index (χ3v) is 3.56. The molecule has 0 saturated carbocycles. The minimum Gasteiger partial charge on any atom is -0.395 e. The summed E-state index contributed by atoms with van der Waals surface area (Å²) < 4.78 is 0. The van der Waals surface area contributed by atoms with Crippen molar-refractivity contribution in [2.45, 2.75) is 29.0 Å². The van der Waals surface area contributed by atoms with Gasteiger partial charge in [0.1, 0.15) is 0 Å². The lowest BCUT2D eigenvalue weighted by Gasteiger charge is -2.25. The highest BCUT2D eigenvalue weighted by molar-refractivity contribution is 8.02. The Morgan fingerprint density at radius 1 is 1.64 bits per heavy atom. The smallest absolute Gasteiger partial charge is 0.0967 e. The quantitative estimate of drug-likeness (QED) is 0.432. The summed E-state index contributed by atoms with van der Waals surface area (Å²) in [6.07, 6.45) is -0.938. The number of aliphatic hydroxyl groups is 3. The van der Waals surface area contributed by atoms with Gasteiger partial charge in [-0.05, 0) is 12.1 Å². The van der Waals surface area contributed by atoms with E-state index < -0.39 is 16.9 Å². The van der Waals surface area contributed by atoms with Crippen LogP contribution in [0.1, 0.15) is 6.92 Å². The van der Waals surface area contributed by atoms with Crippen LogP contribution in [0, 0.1) is 0 Å². The van der Waals surface area contributed by atoms with Crippen LogP contribution in [0.15, 0.2) is 0 Å². The number of hydrogen-bond donors (Lipinski definition) is 3. The zero-order chi connectivity index (χ0) is 8.65. The molecular formula is C6H11BO3S. The molecule has 0 aromatic heterocycles. The molecule has 0 aliphatic carbocycles. The fourth-order valence-corrected chi connectivity index (χ4v) is 2.39. The summed E-state index contributed by atoms with van der Waals surface area (Å²) >= 11 is 1.21. The van der Waals surface area contributed by atoms with Crippen LogP contribution in [-0.4, -0.2) is 51.9 Å². The van der Waals surface area contributed by atoms with Crippen molar-refractivity contribution in [3.63, 3.8) is 0 Å². The zero-order valence-corrected chi connectivity index (χ0v) is 7.08. The Kier molecular flexibility index (Phi) is 2.54. The summed E-state index contributed by atoms with van der Waals surface area (Å²) in [5, 5.41) is 26.8. The van der Waals surface area contributed by atoms with Crippen LogP contribution in [0.25, 0.3) is 0 Å². The fourth-order valence-electron chi connectivity index (χ4n) is 1.09. The Bertz CT molecular complexity index is 153. The molecule has 1 fully saturated rings. The lowest BCUT2D eigenvalue weighted by atomic mass is 9.83. The van der Waals surface area contributed by atoms with Crippen LogP contribution < -0.4 is 0 Å². The fraction of sp³-hybridized carbons (Fsp3) is 1.00. The van der Waals surface area contributed by atoms with Gasteiger partial charge in [0.2, 0.25) is 0 Å². The van der Waals surface area contributed by atoms with E-state index >= 15 is 0 Å². The Morgan fingerprint density at radius 2 is 2.18 bits per heavy atom. The molecule has 0 aromatic carbocycles. The van der Waals surface area contributed by atoms with Crippen molar-refractivity contribution in [1.82, 2.24) is 0 Å². The van der Waals surface area contributed by atoms with E-state index in [1.54, 1.807) is 0 Å². The van der Waals surface area contributed by atoms with Gasteiger partial charge in [-0.1, -0.05) is 0 Å². The SMILES string of the molecule is [B]C1S[C@H](CO)[C@@H](O)[C@]1(C)O. The van der Waals surface area contributed by atoms with Gasteiger partial charge in [0.15, 0.2) is 0 Å². The van der Waals surface area contributed by atoms with Gasteiger partial charge in [0.25, 0.3) is 0 Å². The molecule has 11 heavy (non-hydrogen) atoms. The second-order valence-electron chi connectivity index (χ2n) is 2.95. The van der Waals surface area contributed by atoms with E-state index in [1.807, 2.05) is 0 Å². The van der Waals surface area contributed by atoms with Gasteiger partial charge in [-0.25, -0.2) is 0 Å². The third kappa shape index (κ3) is 1.43. The molecule has 1 saturated heterocycles. The maximum absolute atomic E-state index is 9.53. The number of hydrogen-bond acceptors (Lipinski definition) is 4. The van der Waals surface area contributed by atoms with Gasteiger partial charge in [0.05, 0.1) is 31.4 Å². The lowest BCUT2D eigenvalue weighted by molar-refractivity contribution is -0.0465. The van der Waals surface area contributed by atoms with Crippen LogP contribution >= 0.6 is 11.8 Å². The summed E-state index contributed by atoms with van der Waals surface area (Å²) in [5.74, 6) is 0. The largest absolute Gasteiger partial charge is 0.395 e. The minimum atomic E-state index is -1.28. The predicted molar refractivity (Wildman–Crippen MR) is 44.6 cm³/mol. The van der Waals surface area contributed by atoms with Crippen LogP contribution in [0.3, 0.4) is 0 Å². The van der Waals surface area contributed by atoms with Crippen LogP contribution in [0.5, 0.6) is 0 Å². The maximum atomic E-state index is 9.53. The number of aliphatic hydroxyl groups excluding tert-OH is 2. The topological polar surface area (TPSA) is 60.7 Å². The molecule has 62 valence electrons. The van der Waals surface area contributed by atoms with E-state index in [1.165, 1.54) is 18.7 Å².